The van der Waals surface area contributed by atoms with Gasteiger partial charge in [-0.3, -0.25) is 0 Å². The highest BCUT2D eigenvalue weighted by Gasteiger charge is 2.36. The molecule has 3 heteroatoms. The fraction of sp³-hybridized carbons (Fsp3) is 0.500. The molecule has 1 heterocycles. The van der Waals surface area contributed by atoms with Gasteiger partial charge in [-0.1, -0.05) is 6.92 Å². The third-order valence-electron chi connectivity index (χ3n) is 3.30. The van der Waals surface area contributed by atoms with Gasteiger partial charge in [-0.2, -0.15) is 0 Å². The minimum Gasteiger partial charge on any atom is -0.508 e. The minimum atomic E-state index is 0.272. The molecule has 3 unspecified atom stereocenters. The second-order valence-corrected chi connectivity index (χ2v) is 4.57. The first-order chi connectivity index (χ1) is 7.24. The van der Waals surface area contributed by atoms with Crippen LogP contribution in [0.1, 0.15) is 24.9 Å². The summed E-state index contributed by atoms with van der Waals surface area (Å²) in [5.74, 6) is 1.89. The van der Waals surface area contributed by atoms with Gasteiger partial charge in [-0.05, 0) is 24.5 Å². The molecule has 1 aliphatic heterocycles. The van der Waals surface area contributed by atoms with Crippen LogP contribution in [-0.2, 0) is 0 Å². The van der Waals surface area contributed by atoms with Crippen LogP contribution >= 0.6 is 0 Å². The second-order valence-electron chi connectivity index (χ2n) is 4.57. The number of phenolic OH excluding ortho intramolecular Hbond substituents is 1. The van der Waals surface area contributed by atoms with Crippen LogP contribution in [0, 0.1) is 5.92 Å². The van der Waals surface area contributed by atoms with E-state index in [0.717, 1.165) is 11.7 Å². The van der Waals surface area contributed by atoms with Gasteiger partial charge in [0.25, 0.3) is 0 Å². The molecule has 3 nitrogen and oxygen atoms in total. The normalized spacial score (nSPS) is 32.2. The van der Waals surface area contributed by atoms with Crippen molar-refractivity contribution in [3.63, 3.8) is 0 Å². The third-order valence-corrected chi connectivity index (χ3v) is 3.30. The summed E-state index contributed by atoms with van der Waals surface area (Å²) < 4.78 is 5.53. The Morgan fingerprint density at radius 2 is 2.27 bits per heavy atom. The maximum absolute atomic E-state index is 9.32. The second kappa shape index (κ2) is 3.14. The van der Waals surface area contributed by atoms with Crippen LogP contribution in [0.4, 0.5) is 0 Å². The molecule has 1 saturated carbocycles. The Kier molecular flexibility index (Phi) is 1.89. The number of phenols is 1. The molecule has 0 spiro atoms. The van der Waals surface area contributed by atoms with E-state index < -0.39 is 0 Å². The molecule has 0 amide bonds. The van der Waals surface area contributed by atoms with Crippen molar-refractivity contribution in [1.29, 1.82) is 0 Å². The molecule has 15 heavy (non-hydrogen) atoms. The van der Waals surface area contributed by atoms with E-state index >= 15 is 0 Å². The average molecular weight is 205 g/mol. The highest BCUT2D eigenvalue weighted by atomic mass is 16.5. The van der Waals surface area contributed by atoms with Crippen molar-refractivity contribution in [1.82, 2.24) is 5.32 Å². The van der Waals surface area contributed by atoms with Crippen molar-refractivity contribution < 1.29 is 9.84 Å². The van der Waals surface area contributed by atoms with Crippen LogP contribution in [0.2, 0.25) is 0 Å². The fourth-order valence-corrected chi connectivity index (χ4v) is 2.15. The molecular formula is C12H15NO2. The van der Waals surface area contributed by atoms with Crippen LogP contribution in [0.5, 0.6) is 11.5 Å². The molecule has 0 saturated heterocycles. The fourth-order valence-electron chi connectivity index (χ4n) is 2.15. The Labute approximate surface area is 89.1 Å². The first-order valence-corrected chi connectivity index (χ1v) is 5.46. The zero-order valence-electron chi connectivity index (χ0n) is 8.73. The number of benzene rings is 1. The van der Waals surface area contributed by atoms with E-state index in [1.165, 1.54) is 12.0 Å². The Morgan fingerprint density at radius 3 is 3.00 bits per heavy atom. The summed E-state index contributed by atoms with van der Waals surface area (Å²) in [4.78, 5) is 0. The van der Waals surface area contributed by atoms with E-state index in [0.29, 0.717) is 18.7 Å². The van der Waals surface area contributed by atoms with E-state index in [9.17, 15) is 5.11 Å². The number of fused-ring (bicyclic) bond motifs is 1. The largest absolute Gasteiger partial charge is 0.508 e. The number of aromatic hydroxyl groups is 1. The summed E-state index contributed by atoms with van der Waals surface area (Å²) in [5.41, 5.74) is 1.17. The molecule has 3 atom stereocenters. The maximum atomic E-state index is 9.32. The first kappa shape index (κ1) is 9.04. The Bertz CT molecular complexity index is 391. The highest BCUT2D eigenvalue weighted by Crippen LogP contribution is 2.38. The Hall–Kier alpha value is -1.22. The first-order valence-electron chi connectivity index (χ1n) is 5.46. The minimum absolute atomic E-state index is 0.272. The van der Waals surface area contributed by atoms with Crippen molar-refractivity contribution >= 4 is 0 Å². The number of hydrogen-bond acceptors (Lipinski definition) is 3. The average Bonchev–Trinajstić information content (AvgIpc) is 2.74. The van der Waals surface area contributed by atoms with E-state index in [1.807, 2.05) is 6.07 Å². The van der Waals surface area contributed by atoms with Crippen LogP contribution < -0.4 is 10.1 Å². The van der Waals surface area contributed by atoms with Crippen LogP contribution in [0.25, 0.3) is 0 Å². The number of rotatable bonds is 2. The van der Waals surface area contributed by atoms with Crippen molar-refractivity contribution in [2.45, 2.75) is 25.4 Å². The van der Waals surface area contributed by atoms with Gasteiger partial charge >= 0.3 is 0 Å². The predicted molar refractivity (Wildman–Crippen MR) is 57.0 cm³/mol. The van der Waals surface area contributed by atoms with Crippen molar-refractivity contribution in [2.75, 3.05) is 6.61 Å². The zero-order valence-corrected chi connectivity index (χ0v) is 8.73. The summed E-state index contributed by atoms with van der Waals surface area (Å²) >= 11 is 0. The van der Waals surface area contributed by atoms with Gasteiger partial charge in [-0.15, -0.1) is 0 Å². The summed E-state index contributed by atoms with van der Waals surface area (Å²) in [6, 6.07) is 6.31. The van der Waals surface area contributed by atoms with E-state index in [1.54, 1.807) is 12.1 Å². The Balaban J connectivity index is 1.79. The zero-order chi connectivity index (χ0) is 10.4. The number of nitrogens with one attached hydrogen (secondary N) is 1. The monoisotopic (exact) mass is 205 g/mol. The lowest BCUT2D eigenvalue weighted by molar-refractivity contribution is 0.308. The van der Waals surface area contributed by atoms with Gasteiger partial charge in [0.1, 0.15) is 18.1 Å². The summed E-state index contributed by atoms with van der Waals surface area (Å²) in [6.45, 7) is 2.94. The van der Waals surface area contributed by atoms with Crippen molar-refractivity contribution in [3.8, 4) is 11.5 Å². The van der Waals surface area contributed by atoms with Gasteiger partial charge in [-0.25, -0.2) is 0 Å². The molecule has 3 rings (SSSR count). The smallest absolute Gasteiger partial charge is 0.127 e. The van der Waals surface area contributed by atoms with Gasteiger partial charge in [0, 0.05) is 17.7 Å². The van der Waals surface area contributed by atoms with E-state index in [4.69, 9.17) is 4.74 Å². The van der Waals surface area contributed by atoms with Crippen LogP contribution in [0.3, 0.4) is 0 Å². The van der Waals surface area contributed by atoms with E-state index in [-0.39, 0.29) is 5.75 Å². The van der Waals surface area contributed by atoms with E-state index in [2.05, 4.69) is 12.2 Å². The summed E-state index contributed by atoms with van der Waals surface area (Å²) in [6.07, 6.45) is 1.27. The van der Waals surface area contributed by atoms with Gasteiger partial charge in [0.15, 0.2) is 0 Å². The molecule has 1 aromatic carbocycles. The van der Waals surface area contributed by atoms with Crippen molar-refractivity contribution in [2.24, 2.45) is 5.92 Å². The quantitative estimate of drug-likeness (QED) is 0.774. The molecule has 1 aliphatic carbocycles. The number of hydrogen-bond donors (Lipinski definition) is 2. The predicted octanol–water partition coefficient (Wildman–Crippen LogP) is 1.82. The standard InChI is InChI=1S/C12H15NO2/c1-7-4-10(7)13-11-6-15-12-5-8(14)2-3-9(11)12/h2-3,5,7,10-11,13-14H,4,6H2,1H3. The molecule has 0 bridgehead atoms. The number of ether oxygens (including phenoxy) is 1. The molecule has 1 aromatic rings. The lowest BCUT2D eigenvalue weighted by Crippen LogP contribution is -2.25. The molecule has 2 N–H and O–H groups in total. The lowest BCUT2D eigenvalue weighted by Gasteiger charge is -2.10. The Morgan fingerprint density at radius 1 is 1.47 bits per heavy atom. The SMILES string of the molecule is CC1CC1NC1COc2cc(O)ccc21. The molecule has 1 fully saturated rings. The maximum Gasteiger partial charge on any atom is 0.127 e. The topological polar surface area (TPSA) is 41.5 Å². The van der Waals surface area contributed by atoms with Gasteiger partial charge < -0.3 is 15.2 Å². The van der Waals surface area contributed by atoms with Crippen LogP contribution in [0.15, 0.2) is 18.2 Å². The van der Waals surface area contributed by atoms with Gasteiger partial charge in [0.2, 0.25) is 0 Å². The van der Waals surface area contributed by atoms with Crippen molar-refractivity contribution in [3.05, 3.63) is 23.8 Å². The summed E-state index contributed by atoms with van der Waals surface area (Å²) in [5, 5.41) is 12.9. The molecule has 0 radical (unpaired) electrons. The highest BCUT2D eigenvalue weighted by molar-refractivity contribution is 5.44. The van der Waals surface area contributed by atoms with Crippen LogP contribution in [-0.4, -0.2) is 17.8 Å². The van der Waals surface area contributed by atoms with Gasteiger partial charge in [0.05, 0.1) is 6.04 Å². The summed E-state index contributed by atoms with van der Waals surface area (Å²) in [7, 11) is 0. The molecule has 0 aromatic heterocycles. The lowest BCUT2D eigenvalue weighted by atomic mass is 10.1. The molecular weight excluding hydrogens is 190 g/mol. The third kappa shape index (κ3) is 1.57. The molecule has 80 valence electrons. The molecule has 2 aliphatic rings.